The lowest BCUT2D eigenvalue weighted by Gasteiger charge is -2.21. The second-order valence-electron chi connectivity index (χ2n) is 4.50. The van der Waals surface area contributed by atoms with E-state index in [9.17, 15) is 0 Å². The first-order valence-corrected chi connectivity index (χ1v) is 8.17. The lowest BCUT2D eigenvalue weighted by Crippen LogP contribution is -2.20. The standard InChI is InChI=1S/C12H19ClN4OS/c1-2-5-18-12-16-10(13)15-11(17-12)14-8-9-3-6-19-7-4-9/h9H,2-8H2,1H3,(H,14,15,16,17). The maximum atomic E-state index is 5.86. The van der Waals surface area contributed by atoms with Crippen molar-refractivity contribution in [1.82, 2.24) is 15.0 Å². The Balaban J connectivity index is 1.89. The summed E-state index contributed by atoms with van der Waals surface area (Å²) in [6.45, 7) is 3.50. The second kappa shape index (κ2) is 7.75. The molecule has 0 saturated carbocycles. The Morgan fingerprint density at radius 3 is 2.84 bits per heavy atom. The molecule has 0 aromatic carbocycles. The predicted octanol–water partition coefficient (Wildman–Crippen LogP) is 2.87. The highest BCUT2D eigenvalue weighted by molar-refractivity contribution is 7.99. The second-order valence-corrected chi connectivity index (χ2v) is 6.06. The van der Waals surface area contributed by atoms with Crippen LogP contribution in [-0.2, 0) is 0 Å². The van der Waals surface area contributed by atoms with Crippen molar-refractivity contribution in [2.24, 2.45) is 5.92 Å². The molecule has 1 aliphatic heterocycles. The van der Waals surface area contributed by atoms with Gasteiger partial charge in [0.05, 0.1) is 6.61 Å². The average Bonchev–Trinajstić information content (AvgIpc) is 2.43. The van der Waals surface area contributed by atoms with E-state index in [1.165, 1.54) is 24.3 Å². The maximum absolute atomic E-state index is 5.86. The topological polar surface area (TPSA) is 59.9 Å². The predicted molar refractivity (Wildman–Crippen MR) is 79.2 cm³/mol. The summed E-state index contributed by atoms with van der Waals surface area (Å²) < 4.78 is 5.38. The summed E-state index contributed by atoms with van der Waals surface area (Å²) in [6, 6.07) is 0.295. The molecule has 106 valence electrons. The Labute approximate surface area is 122 Å². The highest BCUT2D eigenvalue weighted by atomic mass is 35.5. The monoisotopic (exact) mass is 302 g/mol. The van der Waals surface area contributed by atoms with Crippen molar-refractivity contribution in [1.29, 1.82) is 0 Å². The van der Waals surface area contributed by atoms with Crippen molar-refractivity contribution >= 4 is 29.3 Å². The molecule has 1 aromatic rings. The van der Waals surface area contributed by atoms with E-state index < -0.39 is 0 Å². The zero-order valence-electron chi connectivity index (χ0n) is 11.1. The van der Waals surface area contributed by atoms with Crippen molar-refractivity contribution in [2.75, 3.05) is 30.0 Å². The molecule has 2 heterocycles. The van der Waals surface area contributed by atoms with Crippen LogP contribution < -0.4 is 10.1 Å². The number of thioether (sulfide) groups is 1. The van der Waals surface area contributed by atoms with Crippen LogP contribution in [-0.4, -0.2) is 39.6 Å². The molecule has 1 N–H and O–H groups in total. The van der Waals surface area contributed by atoms with Gasteiger partial charge in [0.25, 0.3) is 0 Å². The van der Waals surface area contributed by atoms with Gasteiger partial charge in [0, 0.05) is 6.54 Å². The molecular weight excluding hydrogens is 284 g/mol. The van der Waals surface area contributed by atoms with Gasteiger partial charge in [-0.15, -0.1) is 0 Å². The molecule has 1 aromatic heterocycles. The molecule has 1 aliphatic rings. The van der Waals surface area contributed by atoms with Gasteiger partial charge in [0.2, 0.25) is 11.2 Å². The highest BCUT2D eigenvalue weighted by Crippen LogP contribution is 2.23. The zero-order valence-corrected chi connectivity index (χ0v) is 12.6. The van der Waals surface area contributed by atoms with Crippen LogP contribution in [0.15, 0.2) is 0 Å². The van der Waals surface area contributed by atoms with Gasteiger partial charge in [-0.25, -0.2) is 0 Å². The number of rotatable bonds is 6. The van der Waals surface area contributed by atoms with Crippen molar-refractivity contribution in [2.45, 2.75) is 26.2 Å². The molecule has 0 spiro atoms. The largest absolute Gasteiger partial charge is 0.463 e. The Hall–Kier alpha value is -0.750. The van der Waals surface area contributed by atoms with Crippen LogP contribution in [0.1, 0.15) is 26.2 Å². The molecule has 0 atom stereocenters. The van der Waals surface area contributed by atoms with Gasteiger partial charge in [-0.3, -0.25) is 0 Å². The van der Waals surface area contributed by atoms with Gasteiger partial charge in [0.15, 0.2) is 0 Å². The smallest absolute Gasteiger partial charge is 0.322 e. The van der Waals surface area contributed by atoms with Crippen LogP contribution in [0.4, 0.5) is 5.95 Å². The number of ether oxygens (including phenoxy) is 1. The normalized spacial score (nSPS) is 16.3. The molecule has 0 amide bonds. The molecule has 0 bridgehead atoms. The van der Waals surface area contributed by atoms with Crippen molar-refractivity contribution in [3.8, 4) is 6.01 Å². The molecule has 5 nitrogen and oxygen atoms in total. The van der Waals surface area contributed by atoms with E-state index in [2.05, 4.69) is 20.3 Å². The first-order valence-electron chi connectivity index (χ1n) is 6.64. The third-order valence-corrected chi connectivity index (χ3v) is 4.13. The van der Waals surface area contributed by atoms with Crippen LogP contribution in [0.25, 0.3) is 0 Å². The summed E-state index contributed by atoms with van der Waals surface area (Å²) in [6.07, 6.45) is 3.40. The summed E-state index contributed by atoms with van der Waals surface area (Å²) in [5.74, 6) is 3.69. The van der Waals surface area contributed by atoms with Crippen LogP contribution in [0, 0.1) is 5.92 Å². The number of hydrogen-bond donors (Lipinski definition) is 1. The van der Waals surface area contributed by atoms with Gasteiger partial charge >= 0.3 is 6.01 Å². The van der Waals surface area contributed by atoms with Crippen molar-refractivity contribution in [3.63, 3.8) is 0 Å². The third-order valence-electron chi connectivity index (χ3n) is 2.91. The Morgan fingerprint density at radius 2 is 2.11 bits per heavy atom. The summed E-state index contributed by atoms with van der Waals surface area (Å²) in [4.78, 5) is 12.2. The van der Waals surface area contributed by atoms with Gasteiger partial charge in [-0.05, 0) is 48.3 Å². The summed E-state index contributed by atoms with van der Waals surface area (Å²) in [5, 5.41) is 3.41. The minimum atomic E-state index is 0.169. The molecule has 0 radical (unpaired) electrons. The molecule has 1 saturated heterocycles. The molecule has 0 unspecified atom stereocenters. The minimum absolute atomic E-state index is 0.169. The quantitative estimate of drug-likeness (QED) is 0.872. The van der Waals surface area contributed by atoms with Crippen LogP contribution in [0.2, 0.25) is 5.28 Å². The van der Waals surface area contributed by atoms with Crippen LogP contribution in [0.3, 0.4) is 0 Å². The Kier molecular flexibility index (Phi) is 5.97. The molecule has 1 fully saturated rings. The SMILES string of the molecule is CCCOc1nc(Cl)nc(NCC2CCSCC2)n1. The first kappa shape index (κ1) is 14.7. The van der Waals surface area contributed by atoms with Gasteiger partial charge < -0.3 is 10.1 Å². The third kappa shape index (κ3) is 5.03. The molecular formula is C12H19ClN4OS. The minimum Gasteiger partial charge on any atom is -0.463 e. The van der Waals surface area contributed by atoms with E-state index in [-0.39, 0.29) is 5.28 Å². The van der Waals surface area contributed by atoms with Gasteiger partial charge in [0.1, 0.15) is 0 Å². The summed E-state index contributed by atoms with van der Waals surface area (Å²) in [7, 11) is 0. The van der Waals surface area contributed by atoms with E-state index in [4.69, 9.17) is 16.3 Å². The number of nitrogens with zero attached hydrogens (tertiary/aromatic N) is 3. The fourth-order valence-electron chi connectivity index (χ4n) is 1.86. The Morgan fingerprint density at radius 1 is 1.32 bits per heavy atom. The first-order chi connectivity index (χ1) is 9.28. The van der Waals surface area contributed by atoms with Crippen LogP contribution >= 0.6 is 23.4 Å². The van der Waals surface area contributed by atoms with Gasteiger partial charge in [-0.2, -0.15) is 26.7 Å². The fourth-order valence-corrected chi connectivity index (χ4v) is 3.21. The van der Waals surface area contributed by atoms with E-state index >= 15 is 0 Å². The van der Waals surface area contributed by atoms with Crippen LogP contribution in [0.5, 0.6) is 6.01 Å². The van der Waals surface area contributed by atoms with Crippen molar-refractivity contribution < 1.29 is 4.74 Å². The molecule has 19 heavy (non-hydrogen) atoms. The fraction of sp³-hybridized carbons (Fsp3) is 0.750. The highest BCUT2D eigenvalue weighted by Gasteiger charge is 2.14. The lowest BCUT2D eigenvalue weighted by atomic mass is 10.0. The molecule has 7 heteroatoms. The Bertz CT molecular complexity index is 401. The number of aromatic nitrogens is 3. The average molecular weight is 303 g/mol. The maximum Gasteiger partial charge on any atom is 0.322 e. The van der Waals surface area contributed by atoms with E-state index in [1.807, 2.05) is 18.7 Å². The van der Waals surface area contributed by atoms with E-state index in [0.717, 1.165) is 13.0 Å². The van der Waals surface area contributed by atoms with Gasteiger partial charge in [-0.1, -0.05) is 6.92 Å². The van der Waals surface area contributed by atoms with Crippen molar-refractivity contribution in [3.05, 3.63) is 5.28 Å². The number of anilines is 1. The number of halogens is 1. The van der Waals surface area contributed by atoms with E-state index in [0.29, 0.717) is 24.5 Å². The molecule has 0 aliphatic carbocycles. The summed E-state index contributed by atoms with van der Waals surface area (Å²) in [5.41, 5.74) is 0. The lowest BCUT2D eigenvalue weighted by molar-refractivity contribution is 0.291. The van der Waals surface area contributed by atoms with E-state index in [1.54, 1.807) is 0 Å². The zero-order chi connectivity index (χ0) is 13.5. The number of nitrogens with one attached hydrogen (secondary N) is 1. The summed E-state index contributed by atoms with van der Waals surface area (Å²) >= 11 is 7.89. The number of hydrogen-bond acceptors (Lipinski definition) is 6. The molecule has 2 rings (SSSR count).